The van der Waals surface area contributed by atoms with Gasteiger partial charge in [0, 0.05) is 24.7 Å². The van der Waals surface area contributed by atoms with Crippen molar-refractivity contribution in [2.75, 3.05) is 13.7 Å². The molecule has 0 unspecified atom stereocenters. The van der Waals surface area contributed by atoms with Crippen molar-refractivity contribution in [3.05, 3.63) is 122 Å². The number of allylic oxidation sites excluding steroid dienone is 1. The number of aromatic nitrogens is 1. The highest BCUT2D eigenvalue weighted by molar-refractivity contribution is 14.1. The number of benzene rings is 3. The molecular weight excluding hydrogens is 767 g/mol. The van der Waals surface area contributed by atoms with Gasteiger partial charge in [-0.05, 0) is 71.5 Å². The van der Waals surface area contributed by atoms with Crippen LogP contribution in [0.25, 0.3) is 6.08 Å². The van der Waals surface area contributed by atoms with Crippen molar-refractivity contribution in [3.63, 3.8) is 0 Å². The minimum atomic E-state index is -5.02. The Labute approximate surface area is 282 Å². The summed E-state index contributed by atoms with van der Waals surface area (Å²) in [6.45, 7) is 1.36. The van der Waals surface area contributed by atoms with Crippen LogP contribution in [0.4, 0.5) is 13.2 Å². The Balaban J connectivity index is 1.74. The van der Waals surface area contributed by atoms with Crippen LogP contribution in [0.1, 0.15) is 29.7 Å². The largest absolute Gasteiger partial charge is 0.493 e. The summed E-state index contributed by atoms with van der Waals surface area (Å²) in [6, 6.07) is 15.0. The molecule has 1 aromatic heterocycles. The third-order valence-corrected chi connectivity index (χ3v) is 8.89. The SMILES string of the molecule is CCOC(=O)C1=C(C(F)(F)F)N=c2s/c(=C\c3cc(I)cc(OC)c3OCc3ccccc3Cl)c(=O)n2[C@H]1c1ccc(Cl)cc1. The third kappa shape index (κ3) is 6.93. The van der Waals surface area contributed by atoms with Crippen molar-refractivity contribution < 1.29 is 32.2 Å². The van der Waals surface area contributed by atoms with Crippen LogP contribution in [-0.2, 0) is 16.1 Å². The molecule has 1 aliphatic rings. The summed E-state index contributed by atoms with van der Waals surface area (Å²) < 4.78 is 61.8. The smallest absolute Gasteiger partial charge is 0.434 e. The molecule has 14 heteroatoms. The zero-order valence-corrected chi connectivity index (χ0v) is 27.9. The van der Waals surface area contributed by atoms with Gasteiger partial charge in [-0.3, -0.25) is 9.36 Å². The summed E-state index contributed by atoms with van der Waals surface area (Å²) in [5, 5.41) is 0.817. The second-order valence-corrected chi connectivity index (χ2v) is 12.6. The van der Waals surface area contributed by atoms with Gasteiger partial charge < -0.3 is 14.2 Å². The highest BCUT2D eigenvalue weighted by atomic mass is 127. The van der Waals surface area contributed by atoms with Crippen molar-refractivity contribution in [3.8, 4) is 11.5 Å². The summed E-state index contributed by atoms with van der Waals surface area (Å²) >= 11 is 15.2. The fraction of sp³-hybridized carbons (Fsp3) is 0.194. The average molecular weight is 789 g/mol. The molecule has 234 valence electrons. The highest BCUT2D eigenvalue weighted by Crippen LogP contribution is 2.39. The van der Waals surface area contributed by atoms with Crippen LogP contribution in [0.2, 0.25) is 10.0 Å². The number of alkyl halides is 3. The van der Waals surface area contributed by atoms with Crippen molar-refractivity contribution >= 4 is 69.2 Å². The number of hydrogen-bond donors (Lipinski definition) is 0. The number of esters is 1. The Bertz CT molecular complexity index is 1990. The van der Waals surface area contributed by atoms with Gasteiger partial charge in [0.2, 0.25) is 0 Å². The molecule has 0 saturated heterocycles. The van der Waals surface area contributed by atoms with E-state index >= 15 is 0 Å². The van der Waals surface area contributed by atoms with Crippen LogP contribution in [0.15, 0.2) is 81.7 Å². The molecule has 0 fully saturated rings. The third-order valence-electron chi connectivity index (χ3n) is 6.67. The van der Waals surface area contributed by atoms with E-state index in [9.17, 15) is 22.8 Å². The van der Waals surface area contributed by atoms with Crippen LogP contribution in [0.3, 0.4) is 0 Å². The van der Waals surface area contributed by atoms with E-state index in [1.54, 1.807) is 30.3 Å². The molecule has 45 heavy (non-hydrogen) atoms. The van der Waals surface area contributed by atoms with Gasteiger partial charge in [0.1, 0.15) is 6.61 Å². The van der Waals surface area contributed by atoms with E-state index < -0.39 is 35.0 Å². The van der Waals surface area contributed by atoms with E-state index in [1.165, 1.54) is 44.4 Å². The zero-order valence-electron chi connectivity index (χ0n) is 23.5. The summed E-state index contributed by atoms with van der Waals surface area (Å²) in [4.78, 5) is 30.6. The van der Waals surface area contributed by atoms with E-state index in [2.05, 4.69) is 27.6 Å². The molecule has 7 nitrogen and oxygen atoms in total. The van der Waals surface area contributed by atoms with Crippen LogP contribution in [-0.4, -0.2) is 30.4 Å². The molecule has 3 aromatic carbocycles. The number of thiazole rings is 1. The molecule has 5 rings (SSSR count). The lowest BCUT2D eigenvalue weighted by molar-refractivity contribution is -0.140. The first kappa shape index (κ1) is 33.0. The fourth-order valence-electron chi connectivity index (χ4n) is 4.71. The lowest BCUT2D eigenvalue weighted by atomic mass is 9.95. The Morgan fingerprint density at radius 2 is 1.84 bits per heavy atom. The van der Waals surface area contributed by atoms with Gasteiger partial charge >= 0.3 is 12.1 Å². The van der Waals surface area contributed by atoms with Gasteiger partial charge in [0.25, 0.3) is 5.56 Å². The first-order valence-corrected chi connectivity index (χ1v) is 15.9. The van der Waals surface area contributed by atoms with Gasteiger partial charge in [-0.1, -0.05) is 64.9 Å². The number of methoxy groups -OCH3 is 1. The lowest BCUT2D eigenvalue weighted by Crippen LogP contribution is -2.41. The van der Waals surface area contributed by atoms with Crippen molar-refractivity contribution in [1.82, 2.24) is 4.57 Å². The molecule has 0 amide bonds. The number of nitrogens with zero attached hydrogens (tertiary/aromatic N) is 2. The number of carbonyl (C=O) groups is 1. The Morgan fingerprint density at radius 3 is 2.49 bits per heavy atom. The monoisotopic (exact) mass is 788 g/mol. The number of carbonyl (C=O) groups excluding carboxylic acids is 1. The van der Waals surface area contributed by atoms with E-state index in [0.717, 1.165) is 19.5 Å². The van der Waals surface area contributed by atoms with E-state index in [0.29, 0.717) is 32.7 Å². The quantitative estimate of drug-likeness (QED) is 0.145. The number of hydrogen-bond acceptors (Lipinski definition) is 7. The Hall–Kier alpha value is -3.33. The van der Waals surface area contributed by atoms with Crippen LogP contribution >= 0.6 is 57.1 Å². The molecule has 0 radical (unpaired) electrons. The number of fused-ring (bicyclic) bond motifs is 1. The molecule has 0 aliphatic carbocycles. The van der Waals surface area contributed by atoms with Crippen molar-refractivity contribution in [2.24, 2.45) is 4.99 Å². The summed E-state index contributed by atoms with van der Waals surface area (Å²) in [5.74, 6) is -0.572. The van der Waals surface area contributed by atoms with Crippen LogP contribution in [0.5, 0.6) is 11.5 Å². The maximum Gasteiger partial charge on any atom is 0.434 e. The standard InChI is InChI=1S/C31H22Cl2F3IN2O5S/c1-3-43-29(41)24-25(16-8-10-19(32)11-9-16)39-28(40)23(45-30(39)38-27(24)31(34,35)36)13-18-12-20(37)14-22(42-2)26(18)44-15-17-6-4-5-7-21(17)33/h4-14,25H,3,15H2,1-2H3/b23-13-/t25-/m0/s1. The predicted molar refractivity (Wildman–Crippen MR) is 174 cm³/mol. The summed E-state index contributed by atoms with van der Waals surface area (Å²) in [7, 11) is 1.47. The molecule has 0 bridgehead atoms. The van der Waals surface area contributed by atoms with Gasteiger partial charge in [-0.25, -0.2) is 9.79 Å². The van der Waals surface area contributed by atoms with E-state index in [1.807, 2.05) is 6.07 Å². The van der Waals surface area contributed by atoms with Crippen LogP contribution in [0, 0.1) is 3.57 Å². The van der Waals surface area contributed by atoms with Gasteiger partial charge in [0.05, 0.1) is 29.9 Å². The molecule has 0 N–H and O–H groups in total. The second kappa shape index (κ2) is 13.6. The minimum absolute atomic E-state index is 0.0472. The van der Waals surface area contributed by atoms with E-state index in [-0.39, 0.29) is 28.1 Å². The fourth-order valence-corrected chi connectivity index (χ4v) is 6.64. The number of rotatable bonds is 8. The zero-order chi connectivity index (χ0) is 32.5. The Morgan fingerprint density at radius 1 is 1.13 bits per heavy atom. The molecule has 1 atom stereocenters. The van der Waals surface area contributed by atoms with Crippen molar-refractivity contribution in [2.45, 2.75) is 25.7 Å². The highest BCUT2D eigenvalue weighted by Gasteiger charge is 2.45. The van der Waals surface area contributed by atoms with E-state index in [4.69, 9.17) is 37.4 Å². The second-order valence-electron chi connectivity index (χ2n) is 9.52. The molecule has 0 saturated carbocycles. The molecule has 0 spiro atoms. The molecule has 4 aromatic rings. The van der Waals surface area contributed by atoms with Gasteiger partial charge in [0.15, 0.2) is 22.0 Å². The molecule has 1 aliphatic heterocycles. The average Bonchev–Trinajstić information content (AvgIpc) is 3.30. The molecular formula is C31H22Cl2F3IN2O5S. The first-order valence-electron chi connectivity index (χ1n) is 13.2. The van der Waals surface area contributed by atoms with Crippen molar-refractivity contribution in [1.29, 1.82) is 0 Å². The maximum atomic E-state index is 14.4. The topological polar surface area (TPSA) is 79.1 Å². The van der Waals surface area contributed by atoms with Gasteiger partial charge in [-0.15, -0.1) is 0 Å². The summed E-state index contributed by atoms with van der Waals surface area (Å²) in [6.07, 6.45) is -3.53. The lowest BCUT2D eigenvalue weighted by Gasteiger charge is -2.26. The predicted octanol–water partition coefficient (Wildman–Crippen LogP) is 6.84. The first-order chi connectivity index (χ1) is 21.4. The minimum Gasteiger partial charge on any atom is -0.493 e. The number of halogens is 6. The normalized spacial score (nSPS) is 15.0. The Kier molecular flexibility index (Phi) is 9.97. The summed E-state index contributed by atoms with van der Waals surface area (Å²) in [5.41, 5.74) is -1.55. The van der Waals surface area contributed by atoms with Gasteiger partial charge in [-0.2, -0.15) is 13.2 Å². The maximum absolute atomic E-state index is 14.4. The van der Waals surface area contributed by atoms with Crippen LogP contribution < -0.4 is 24.4 Å². The molecule has 2 heterocycles. The number of ether oxygens (including phenoxy) is 3.